The summed E-state index contributed by atoms with van der Waals surface area (Å²) in [5, 5.41) is 0. The van der Waals surface area contributed by atoms with Crippen LogP contribution in [0.4, 0.5) is 4.79 Å². The molecule has 0 saturated carbocycles. The van der Waals surface area contributed by atoms with E-state index in [1.54, 1.807) is 0 Å². The Morgan fingerprint density at radius 3 is 2.00 bits per heavy atom. The van der Waals surface area contributed by atoms with Crippen molar-refractivity contribution in [2.45, 2.75) is 64.1 Å². The third-order valence-corrected chi connectivity index (χ3v) is 3.87. The Balaban J connectivity index is 2.12. The lowest BCUT2D eigenvalue weighted by Gasteiger charge is -2.21. The molecule has 1 fully saturated rings. The molecule has 2 atom stereocenters. The molecule has 0 unspecified atom stereocenters. The Bertz CT molecular complexity index is 335. The fraction of sp³-hybridized carbons (Fsp3) is 0.769. The van der Waals surface area contributed by atoms with E-state index in [9.17, 15) is 4.79 Å². The number of ether oxygens (including phenoxy) is 1. The maximum absolute atomic E-state index is 12.1. The van der Waals surface area contributed by atoms with Crippen LogP contribution in [0, 0.1) is 0 Å². The van der Waals surface area contributed by atoms with Gasteiger partial charge in [0.15, 0.2) is 0 Å². The Morgan fingerprint density at radius 1 is 1.19 bits per heavy atom. The van der Waals surface area contributed by atoms with Crippen molar-refractivity contribution < 1.29 is 9.53 Å². The van der Waals surface area contributed by atoms with Crippen molar-refractivity contribution in [3.8, 4) is 0 Å². The molecule has 1 heterocycles. The highest BCUT2D eigenvalue weighted by Gasteiger charge is 2.71. The van der Waals surface area contributed by atoms with Crippen LogP contribution >= 0.6 is 0 Å². The summed E-state index contributed by atoms with van der Waals surface area (Å²) in [5.41, 5.74) is -0.489. The molecule has 1 aliphatic heterocycles. The first-order valence-electron chi connectivity index (χ1n) is 5.89. The van der Waals surface area contributed by atoms with Gasteiger partial charge in [0.2, 0.25) is 0 Å². The molecule has 0 spiro atoms. The van der Waals surface area contributed by atoms with Crippen molar-refractivity contribution in [2.75, 3.05) is 0 Å². The molecular formula is C13H21NO2. The van der Waals surface area contributed by atoms with Crippen molar-refractivity contribution in [3.63, 3.8) is 0 Å². The van der Waals surface area contributed by atoms with Gasteiger partial charge >= 0.3 is 6.09 Å². The minimum Gasteiger partial charge on any atom is -0.444 e. The zero-order valence-corrected chi connectivity index (χ0v) is 10.8. The number of amides is 1. The third kappa shape index (κ3) is 1.45. The van der Waals surface area contributed by atoms with E-state index in [0.29, 0.717) is 0 Å². The number of carbonyl (C=O) groups is 1. The molecule has 0 aromatic heterocycles. The van der Waals surface area contributed by atoms with Gasteiger partial charge in [-0.3, -0.25) is 4.90 Å². The molecule has 0 bridgehead atoms. The Labute approximate surface area is 97.5 Å². The molecule has 1 aliphatic carbocycles. The van der Waals surface area contributed by atoms with Crippen LogP contribution < -0.4 is 0 Å². The fourth-order valence-electron chi connectivity index (χ4n) is 2.69. The summed E-state index contributed by atoms with van der Waals surface area (Å²) in [4.78, 5) is 14.0. The maximum atomic E-state index is 12.1. The summed E-state index contributed by atoms with van der Waals surface area (Å²) in [6.07, 6.45) is 6.00. The second kappa shape index (κ2) is 3.02. The molecule has 3 nitrogen and oxygen atoms in total. The average molecular weight is 223 g/mol. The predicted octanol–water partition coefficient (Wildman–Crippen LogP) is 3.10. The zero-order chi connectivity index (χ0) is 12.2. The highest BCUT2D eigenvalue weighted by molar-refractivity contribution is 5.76. The molecule has 1 amide bonds. The van der Waals surface area contributed by atoms with E-state index in [0.717, 1.165) is 12.8 Å². The molecule has 2 rings (SSSR count). The Kier molecular flexibility index (Phi) is 2.17. The van der Waals surface area contributed by atoms with Gasteiger partial charge in [-0.05, 0) is 47.5 Å². The lowest BCUT2D eigenvalue weighted by atomic mass is 9.86. The second-order valence-corrected chi connectivity index (χ2v) is 6.24. The number of hydrogen-bond donors (Lipinski definition) is 0. The fourth-order valence-corrected chi connectivity index (χ4v) is 2.69. The monoisotopic (exact) mass is 223 g/mol. The molecule has 3 heteroatoms. The molecule has 90 valence electrons. The molecular weight excluding hydrogens is 202 g/mol. The van der Waals surface area contributed by atoms with Gasteiger partial charge in [0.25, 0.3) is 0 Å². The van der Waals surface area contributed by atoms with Crippen LogP contribution in [0.15, 0.2) is 12.2 Å². The molecule has 0 aromatic rings. The number of hydrogen-bond acceptors (Lipinski definition) is 2. The molecule has 16 heavy (non-hydrogen) atoms. The summed E-state index contributed by atoms with van der Waals surface area (Å²) in [6, 6.07) is 0. The van der Waals surface area contributed by atoms with E-state index in [1.165, 1.54) is 0 Å². The molecule has 1 saturated heterocycles. The quantitative estimate of drug-likeness (QED) is 0.466. The minimum atomic E-state index is -0.414. The van der Waals surface area contributed by atoms with E-state index >= 15 is 0 Å². The lowest BCUT2D eigenvalue weighted by molar-refractivity contribution is 0.0359. The van der Waals surface area contributed by atoms with Crippen LogP contribution in [0.1, 0.15) is 47.5 Å². The van der Waals surface area contributed by atoms with Crippen LogP contribution in [0.2, 0.25) is 0 Å². The van der Waals surface area contributed by atoms with Crippen molar-refractivity contribution in [2.24, 2.45) is 0 Å². The Hall–Kier alpha value is -0.990. The summed E-state index contributed by atoms with van der Waals surface area (Å²) in [7, 11) is 0. The van der Waals surface area contributed by atoms with E-state index in [-0.39, 0.29) is 17.2 Å². The van der Waals surface area contributed by atoms with E-state index in [4.69, 9.17) is 4.74 Å². The molecule has 0 aromatic carbocycles. The van der Waals surface area contributed by atoms with Gasteiger partial charge < -0.3 is 4.74 Å². The van der Waals surface area contributed by atoms with Gasteiger partial charge in [-0.25, -0.2) is 4.79 Å². The molecule has 2 aliphatic rings. The van der Waals surface area contributed by atoms with Gasteiger partial charge in [0.05, 0.1) is 11.1 Å². The van der Waals surface area contributed by atoms with Crippen LogP contribution in [0.3, 0.4) is 0 Å². The van der Waals surface area contributed by atoms with Gasteiger partial charge in [0, 0.05) is 0 Å². The van der Waals surface area contributed by atoms with Gasteiger partial charge in [-0.1, -0.05) is 12.2 Å². The van der Waals surface area contributed by atoms with Crippen LogP contribution in [0.5, 0.6) is 0 Å². The first kappa shape index (κ1) is 11.5. The number of carbonyl (C=O) groups excluding carboxylic acids is 1. The van der Waals surface area contributed by atoms with Crippen molar-refractivity contribution in [1.82, 2.24) is 4.90 Å². The lowest BCUT2D eigenvalue weighted by Crippen LogP contribution is -2.30. The second-order valence-electron chi connectivity index (χ2n) is 6.24. The zero-order valence-electron chi connectivity index (χ0n) is 10.8. The highest BCUT2D eigenvalue weighted by Crippen LogP contribution is 2.58. The van der Waals surface area contributed by atoms with E-state index in [2.05, 4.69) is 26.0 Å². The topological polar surface area (TPSA) is 29.3 Å². The van der Waals surface area contributed by atoms with Crippen molar-refractivity contribution in [3.05, 3.63) is 12.2 Å². The largest absolute Gasteiger partial charge is 0.444 e. The van der Waals surface area contributed by atoms with Crippen molar-refractivity contribution in [1.29, 1.82) is 0 Å². The van der Waals surface area contributed by atoms with E-state index < -0.39 is 5.60 Å². The van der Waals surface area contributed by atoms with Gasteiger partial charge in [-0.15, -0.1) is 0 Å². The smallest absolute Gasteiger partial charge is 0.411 e. The summed E-state index contributed by atoms with van der Waals surface area (Å²) in [6.45, 7) is 9.99. The molecule has 0 radical (unpaired) electrons. The maximum Gasteiger partial charge on any atom is 0.411 e. The summed E-state index contributed by atoms with van der Waals surface area (Å²) in [5.74, 6) is 0. The Morgan fingerprint density at radius 2 is 1.62 bits per heavy atom. The van der Waals surface area contributed by atoms with Gasteiger partial charge in [0.1, 0.15) is 5.60 Å². The minimum absolute atomic E-state index is 0.0376. The first-order chi connectivity index (χ1) is 7.21. The van der Waals surface area contributed by atoms with Crippen LogP contribution in [-0.2, 0) is 4.74 Å². The van der Waals surface area contributed by atoms with Crippen LogP contribution in [0.25, 0.3) is 0 Å². The van der Waals surface area contributed by atoms with Gasteiger partial charge in [-0.2, -0.15) is 0 Å². The normalized spacial score (nSPS) is 36.9. The highest BCUT2D eigenvalue weighted by atomic mass is 16.6. The van der Waals surface area contributed by atoms with Crippen LogP contribution in [-0.4, -0.2) is 27.7 Å². The van der Waals surface area contributed by atoms with Crippen molar-refractivity contribution >= 4 is 6.09 Å². The molecule has 0 N–H and O–H groups in total. The number of fused-ring (bicyclic) bond motifs is 1. The third-order valence-electron chi connectivity index (χ3n) is 3.87. The predicted molar refractivity (Wildman–Crippen MR) is 63.3 cm³/mol. The standard InChI is InChI=1S/C13H21NO2/c1-11(2,3)16-10(15)14-12(4)8-6-7-9-13(12,14)5/h6-7H,8-9H2,1-5H3/t12-,13-/m1/s1. The summed E-state index contributed by atoms with van der Waals surface area (Å²) < 4.78 is 5.44. The van der Waals surface area contributed by atoms with E-state index in [1.807, 2.05) is 25.7 Å². The SMILES string of the molecule is CC(C)(C)OC(=O)N1[C@]2(C)CC=CC[C@@]12C. The first-order valence-corrected chi connectivity index (χ1v) is 5.89. The number of rotatable bonds is 0. The number of nitrogens with zero attached hydrogens (tertiary/aromatic N) is 1. The average Bonchev–Trinajstić information content (AvgIpc) is 2.59. The summed E-state index contributed by atoms with van der Waals surface area (Å²) >= 11 is 0.